The molecule has 2 rings (SSSR count). The van der Waals surface area contributed by atoms with E-state index in [0.29, 0.717) is 0 Å². The van der Waals surface area contributed by atoms with Crippen LogP contribution in [0.1, 0.15) is 30.7 Å². The fourth-order valence-corrected chi connectivity index (χ4v) is 2.67. The van der Waals surface area contributed by atoms with Crippen molar-refractivity contribution in [3.63, 3.8) is 0 Å². The lowest BCUT2D eigenvalue weighted by atomic mass is 10.0. The number of rotatable bonds is 2. The number of benzene rings is 1. The summed E-state index contributed by atoms with van der Waals surface area (Å²) in [5.74, 6) is -1.03. The molecule has 3 unspecified atom stereocenters. The van der Waals surface area contributed by atoms with Gasteiger partial charge in [-0.15, -0.1) is 11.6 Å². The Hall–Kier alpha value is -0.190. The van der Waals surface area contributed by atoms with Crippen molar-refractivity contribution in [2.45, 2.75) is 37.4 Å². The van der Waals surface area contributed by atoms with Crippen molar-refractivity contribution in [2.75, 3.05) is 0 Å². The maximum absolute atomic E-state index is 13.7. The zero-order valence-corrected chi connectivity index (χ0v) is 11.6. The molecule has 1 aromatic carbocycles. The van der Waals surface area contributed by atoms with Crippen LogP contribution in [0.4, 0.5) is 8.78 Å². The van der Waals surface area contributed by atoms with E-state index in [2.05, 4.69) is 15.9 Å². The standard InChI is InChI=1S/C12H12BrClF2O/c1-6-2-3-11(17-6)12(14)7-4-10(16)8(13)5-9(7)15/h4-6,11-12H,2-3H2,1H3. The Morgan fingerprint density at radius 2 is 2.06 bits per heavy atom. The number of halogens is 4. The summed E-state index contributed by atoms with van der Waals surface area (Å²) >= 11 is 9.09. The highest BCUT2D eigenvalue weighted by Gasteiger charge is 2.31. The Bertz CT molecular complexity index is 427. The lowest BCUT2D eigenvalue weighted by molar-refractivity contribution is 0.0528. The quantitative estimate of drug-likeness (QED) is 0.571. The first kappa shape index (κ1) is 13.2. The maximum Gasteiger partial charge on any atom is 0.137 e. The van der Waals surface area contributed by atoms with Crippen LogP contribution < -0.4 is 0 Å². The summed E-state index contributed by atoms with van der Waals surface area (Å²) in [5.41, 5.74) is 0.159. The van der Waals surface area contributed by atoms with Crippen molar-refractivity contribution in [2.24, 2.45) is 0 Å². The minimum absolute atomic E-state index is 0.100. The topological polar surface area (TPSA) is 9.23 Å². The minimum Gasteiger partial charge on any atom is -0.373 e. The largest absolute Gasteiger partial charge is 0.373 e. The zero-order chi connectivity index (χ0) is 12.6. The van der Waals surface area contributed by atoms with Crippen LogP contribution in [0.3, 0.4) is 0 Å². The second kappa shape index (κ2) is 5.21. The van der Waals surface area contributed by atoms with E-state index in [1.807, 2.05) is 6.92 Å². The molecule has 94 valence electrons. The first-order chi connectivity index (χ1) is 7.99. The molecule has 0 radical (unpaired) electrons. The van der Waals surface area contributed by atoms with Crippen molar-refractivity contribution >= 4 is 27.5 Å². The fourth-order valence-electron chi connectivity index (χ4n) is 2.00. The molecule has 0 N–H and O–H groups in total. The molecule has 1 fully saturated rings. The van der Waals surface area contributed by atoms with Gasteiger partial charge < -0.3 is 4.74 Å². The van der Waals surface area contributed by atoms with Crippen LogP contribution in [-0.4, -0.2) is 12.2 Å². The lowest BCUT2D eigenvalue weighted by Gasteiger charge is -2.18. The van der Waals surface area contributed by atoms with Crippen molar-refractivity contribution < 1.29 is 13.5 Å². The van der Waals surface area contributed by atoms with E-state index < -0.39 is 17.0 Å². The Kier molecular flexibility index (Phi) is 4.06. The summed E-state index contributed by atoms with van der Waals surface area (Å²) in [4.78, 5) is 0. The third-order valence-corrected chi connectivity index (χ3v) is 4.05. The summed E-state index contributed by atoms with van der Waals surface area (Å²) in [6.07, 6.45) is 1.55. The monoisotopic (exact) mass is 324 g/mol. The molecule has 1 nitrogen and oxygen atoms in total. The molecule has 0 saturated carbocycles. The molecule has 1 saturated heterocycles. The fraction of sp³-hybridized carbons (Fsp3) is 0.500. The smallest absolute Gasteiger partial charge is 0.137 e. The van der Waals surface area contributed by atoms with Crippen LogP contribution in [0.15, 0.2) is 16.6 Å². The maximum atomic E-state index is 13.7. The number of hydrogen-bond acceptors (Lipinski definition) is 1. The highest BCUT2D eigenvalue weighted by molar-refractivity contribution is 9.10. The van der Waals surface area contributed by atoms with E-state index >= 15 is 0 Å². The van der Waals surface area contributed by atoms with Gasteiger partial charge in [0.15, 0.2) is 0 Å². The van der Waals surface area contributed by atoms with Crippen LogP contribution in [0.25, 0.3) is 0 Å². The third kappa shape index (κ3) is 2.80. The van der Waals surface area contributed by atoms with Crippen molar-refractivity contribution in [3.05, 3.63) is 33.8 Å². The van der Waals surface area contributed by atoms with E-state index in [1.54, 1.807) is 0 Å². The summed E-state index contributed by atoms with van der Waals surface area (Å²) < 4.78 is 32.7. The minimum atomic E-state index is -0.650. The van der Waals surface area contributed by atoms with E-state index in [-0.39, 0.29) is 22.2 Å². The Balaban J connectivity index is 2.24. The van der Waals surface area contributed by atoms with Crippen LogP contribution in [-0.2, 0) is 4.74 Å². The van der Waals surface area contributed by atoms with Crippen LogP contribution >= 0.6 is 27.5 Å². The molecule has 1 aliphatic heterocycles. The predicted octanol–water partition coefficient (Wildman–Crippen LogP) is 4.57. The van der Waals surface area contributed by atoms with Gasteiger partial charge >= 0.3 is 0 Å². The molecule has 17 heavy (non-hydrogen) atoms. The van der Waals surface area contributed by atoms with Gasteiger partial charge in [-0.05, 0) is 47.8 Å². The number of hydrogen-bond donors (Lipinski definition) is 0. The molecule has 0 bridgehead atoms. The number of alkyl halides is 1. The SMILES string of the molecule is CC1CCC(C(Cl)c2cc(F)c(Br)cc2F)O1. The van der Waals surface area contributed by atoms with Crippen molar-refractivity contribution in [3.8, 4) is 0 Å². The van der Waals surface area contributed by atoms with E-state index in [0.717, 1.165) is 25.0 Å². The van der Waals surface area contributed by atoms with Gasteiger partial charge in [0.1, 0.15) is 11.6 Å². The second-order valence-corrected chi connectivity index (χ2v) is 5.58. The normalized spacial score (nSPS) is 26.2. The van der Waals surface area contributed by atoms with Crippen LogP contribution in [0.5, 0.6) is 0 Å². The first-order valence-electron chi connectivity index (χ1n) is 5.43. The Morgan fingerprint density at radius 1 is 1.35 bits per heavy atom. The highest BCUT2D eigenvalue weighted by atomic mass is 79.9. The van der Waals surface area contributed by atoms with Gasteiger partial charge in [0.25, 0.3) is 0 Å². The van der Waals surface area contributed by atoms with Gasteiger partial charge in [0, 0.05) is 5.56 Å². The average Bonchev–Trinajstić information content (AvgIpc) is 2.69. The Labute approximate surface area is 112 Å². The Morgan fingerprint density at radius 3 is 2.65 bits per heavy atom. The molecule has 1 aromatic rings. The molecule has 1 heterocycles. The van der Waals surface area contributed by atoms with E-state index in [1.165, 1.54) is 0 Å². The summed E-state index contributed by atoms with van der Waals surface area (Å²) in [5, 5.41) is -0.650. The molecular formula is C12H12BrClF2O. The molecule has 0 spiro atoms. The van der Waals surface area contributed by atoms with Gasteiger partial charge in [-0.25, -0.2) is 8.78 Å². The van der Waals surface area contributed by atoms with Gasteiger partial charge in [-0.3, -0.25) is 0 Å². The zero-order valence-electron chi connectivity index (χ0n) is 9.22. The summed E-state index contributed by atoms with van der Waals surface area (Å²) in [7, 11) is 0. The molecular weight excluding hydrogens is 313 g/mol. The van der Waals surface area contributed by atoms with Crippen molar-refractivity contribution in [1.29, 1.82) is 0 Å². The highest BCUT2D eigenvalue weighted by Crippen LogP contribution is 2.37. The molecule has 5 heteroatoms. The van der Waals surface area contributed by atoms with Gasteiger partial charge in [0.2, 0.25) is 0 Å². The first-order valence-corrected chi connectivity index (χ1v) is 6.66. The van der Waals surface area contributed by atoms with Gasteiger partial charge in [0.05, 0.1) is 22.1 Å². The molecule has 3 atom stereocenters. The van der Waals surface area contributed by atoms with Gasteiger partial charge in [-0.1, -0.05) is 0 Å². The van der Waals surface area contributed by atoms with Gasteiger partial charge in [-0.2, -0.15) is 0 Å². The summed E-state index contributed by atoms with van der Waals surface area (Å²) in [6.45, 7) is 1.95. The average molecular weight is 326 g/mol. The molecule has 0 amide bonds. The molecule has 0 aliphatic carbocycles. The second-order valence-electron chi connectivity index (χ2n) is 4.25. The van der Waals surface area contributed by atoms with E-state index in [9.17, 15) is 8.78 Å². The lowest BCUT2D eigenvalue weighted by Crippen LogP contribution is -2.16. The number of ether oxygens (including phenoxy) is 1. The van der Waals surface area contributed by atoms with E-state index in [4.69, 9.17) is 16.3 Å². The molecule has 1 aliphatic rings. The van der Waals surface area contributed by atoms with Crippen LogP contribution in [0, 0.1) is 11.6 Å². The van der Waals surface area contributed by atoms with Crippen molar-refractivity contribution in [1.82, 2.24) is 0 Å². The third-order valence-electron chi connectivity index (χ3n) is 2.93. The summed E-state index contributed by atoms with van der Waals surface area (Å²) in [6, 6.07) is 2.22. The molecule has 0 aromatic heterocycles. The predicted molar refractivity (Wildman–Crippen MR) is 66.2 cm³/mol. The van der Waals surface area contributed by atoms with Crippen LogP contribution in [0.2, 0.25) is 0 Å².